The van der Waals surface area contributed by atoms with E-state index in [0.29, 0.717) is 26.9 Å². The van der Waals surface area contributed by atoms with Crippen molar-refractivity contribution in [1.29, 1.82) is 0 Å². The molecule has 0 radical (unpaired) electrons. The third-order valence-corrected chi connectivity index (χ3v) is 7.81. The van der Waals surface area contributed by atoms with Gasteiger partial charge in [0.15, 0.2) is 0 Å². The Bertz CT molecular complexity index is 1180. The molecule has 2 fully saturated rings. The van der Waals surface area contributed by atoms with E-state index < -0.39 is 17.4 Å². The van der Waals surface area contributed by atoms with Crippen molar-refractivity contribution in [2.45, 2.75) is 38.9 Å². The minimum Gasteiger partial charge on any atom is -0.326 e. The number of halogens is 2. The lowest BCUT2D eigenvalue weighted by molar-refractivity contribution is -0.738. The van der Waals surface area contributed by atoms with Crippen LogP contribution < -0.4 is 10.6 Å². The number of imide groups is 1. The topological polar surface area (TPSA) is 83.1 Å². The minimum atomic E-state index is -1.22. The zero-order chi connectivity index (χ0) is 22.9. The van der Waals surface area contributed by atoms with Crippen LogP contribution >= 0.6 is 23.2 Å². The lowest BCUT2D eigenvalue weighted by Crippen LogP contribution is -2.99. The highest BCUT2D eigenvalue weighted by atomic mass is 35.5. The van der Waals surface area contributed by atoms with Crippen LogP contribution in [0.25, 0.3) is 0 Å². The van der Waals surface area contributed by atoms with E-state index in [4.69, 9.17) is 23.2 Å². The Hall–Kier alpha value is -2.41. The fraction of sp³-hybridized carbons (Fsp3) is 0.375. The molecule has 3 amide bonds. The molecule has 3 N–H and O–H groups in total. The molecule has 3 aliphatic rings. The summed E-state index contributed by atoms with van der Waals surface area (Å²) in [6.07, 6.45) is 0. The van der Waals surface area contributed by atoms with Gasteiger partial charge in [-0.05, 0) is 36.2 Å². The number of benzene rings is 2. The standard InChI is InChI=1S/C24H23Cl2N3O3/c1-11(2)19-17-18(22(31)29(21(17)30)10-13-6-4-5-7-16(13)26)24(28-19)15-9-14(25)8-12(3)20(15)27-23(24)32/h4-9,11,17-19,28H,10H2,1-3H3,(H,27,32)/p+1/t17-,18-,19+,24-/m0/s1. The van der Waals surface area contributed by atoms with Crippen LogP contribution in [0.4, 0.5) is 5.69 Å². The summed E-state index contributed by atoms with van der Waals surface area (Å²) < 4.78 is 0. The average molecular weight is 473 g/mol. The third-order valence-electron chi connectivity index (χ3n) is 7.22. The molecule has 3 heterocycles. The van der Waals surface area contributed by atoms with E-state index in [1.807, 2.05) is 32.2 Å². The van der Waals surface area contributed by atoms with Crippen molar-refractivity contribution in [1.82, 2.24) is 4.90 Å². The van der Waals surface area contributed by atoms with E-state index in [0.717, 1.165) is 5.56 Å². The summed E-state index contributed by atoms with van der Waals surface area (Å²) in [5.41, 5.74) is 1.69. The molecule has 3 aliphatic heterocycles. The second-order valence-corrected chi connectivity index (χ2v) is 10.2. The highest BCUT2D eigenvalue weighted by Gasteiger charge is 2.74. The van der Waals surface area contributed by atoms with Gasteiger partial charge in [0.1, 0.15) is 17.9 Å². The largest absolute Gasteiger partial charge is 0.326 e. The smallest absolute Gasteiger partial charge is 0.291 e. The van der Waals surface area contributed by atoms with Crippen LogP contribution in [0.1, 0.15) is 30.5 Å². The van der Waals surface area contributed by atoms with Gasteiger partial charge in [-0.25, -0.2) is 0 Å². The first kappa shape index (κ1) is 21.4. The number of nitrogens with zero attached hydrogens (tertiary/aromatic N) is 1. The van der Waals surface area contributed by atoms with Gasteiger partial charge < -0.3 is 10.6 Å². The number of likely N-dealkylation sites (tertiary alicyclic amines) is 1. The van der Waals surface area contributed by atoms with Crippen molar-refractivity contribution in [3.05, 3.63) is 63.1 Å². The van der Waals surface area contributed by atoms with E-state index in [9.17, 15) is 14.4 Å². The molecular weight excluding hydrogens is 449 g/mol. The van der Waals surface area contributed by atoms with Crippen molar-refractivity contribution in [3.63, 3.8) is 0 Å². The van der Waals surface area contributed by atoms with Crippen molar-refractivity contribution < 1.29 is 19.7 Å². The molecule has 32 heavy (non-hydrogen) atoms. The maximum Gasteiger partial charge on any atom is 0.291 e. The number of hydrogen-bond donors (Lipinski definition) is 2. The molecule has 166 valence electrons. The third kappa shape index (κ3) is 2.79. The van der Waals surface area contributed by atoms with Gasteiger partial charge in [0.2, 0.25) is 17.4 Å². The number of nitrogens with two attached hydrogens (primary N) is 1. The predicted octanol–water partition coefficient (Wildman–Crippen LogP) is 2.85. The van der Waals surface area contributed by atoms with Crippen molar-refractivity contribution >= 4 is 46.6 Å². The quantitative estimate of drug-likeness (QED) is 0.673. The van der Waals surface area contributed by atoms with Gasteiger partial charge >= 0.3 is 0 Å². The number of nitrogens with one attached hydrogen (secondary N) is 1. The molecule has 6 nitrogen and oxygen atoms in total. The number of carbonyl (C=O) groups excluding carboxylic acids is 3. The van der Waals surface area contributed by atoms with Crippen molar-refractivity contribution in [3.8, 4) is 0 Å². The molecule has 0 aliphatic carbocycles. The normalized spacial score (nSPS) is 28.6. The Morgan fingerprint density at radius 3 is 2.53 bits per heavy atom. The Balaban J connectivity index is 1.65. The summed E-state index contributed by atoms with van der Waals surface area (Å²) in [7, 11) is 0. The molecular formula is C24H24Cl2N3O3+. The molecule has 0 unspecified atom stereocenters. The van der Waals surface area contributed by atoms with E-state index in [-0.39, 0.29) is 36.2 Å². The molecule has 2 aromatic carbocycles. The number of hydrogen-bond acceptors (Lipinski definition) is 3. The molecule has 5 rings (SSSR count). The lowest BCUT2D eigenvalue weighted by atomic mass is 9.75. The number of aryl methyl sites for hydroxylation is 1. The second kappa shape index (κ2) is 7.30. The molecule has 0 bridgehead atoms. The van der Waals surface area contributed by atoms with Gasteiger partial charge in [-0.1, -0.05) is 55.2 Å². The van der Waals surface area contributed by atoms with Crippen LogP contribution in [0.5, 0.6) is 0 Å². The maximum atomic E-state index is 13.8. The predicted molar refractivity (Wildman–Crippen MR) is 121 cm³/mol. The summed E-state index contributed by atoms with van der Waals surface area (Å²) >= 11 is 12.7. The van der Waals surface area contributed by atoms with Crippen LogP contribution in [-0.4, -0.2) is 28.7 Å². The molecule has 0 aromatic heterocycles. The van der Waals surface area contributed by atoms with Crippen LogP contribution in [-0.2, 0) is 26.5 Å². The minimum absolute atomic E-state index is 0.0796. The highest BCUT2D eigenvalue weighted by Crippen LogP contribution is 2.51. The summed E-state index contributed by atoms with van der Waals surface area (Å²) in [5, 5.41) is 5.91. The summed E-state index contributed by atoms with van der Waals surface area (Å²) in [6, 6.07) is 10.5. The Morgan fingerprint density at radius 1 is 1.12 bits per heavy atom. The zero-order valence-electron chi connectivity index (χ0n) is 18.0. The first-order chi connectivity index (χ1) is 15.2. The molecule has 2 aromatic rings. The average Bonchev–Trinajstić information content (AvgIpc) is 3.31. The van der Waals surface area contributed by atoms with Crippen molar-refractivity contribution in [2.75, 3.05) is 5.32 Å². The van der Waals surface area contributed by atoms with E-state index >= 15 is 0 Å². The summed E-state index contributed by atoms with van der Waals surface area (Å²) in [5.74, 6) is -2.16. The number of rotatable bonds is 3. The second-order valence-electron chi connectivity index (χ2n) is 9.31. The van der Waals surface area contributed by atoms with Crippen molar-refractivity contribution in [2.24, 2.45) is 17.8 Å². The number of amides is 3. The first-order valence-electron chi connectivity index (χ1n) is 10.7. The molecule has 1 spiro atoms. The van der Waals surface area contributed by atoms with Crippen LogP contribution in [0.3, 0.4) is 0 Å². The number of fused-ring (bicyclic) bond motifs is 4. The van der Waals surface area contributed by atoms with E-state index in [2.05, 4.69) is 5.32 Å². The number of quaternary nitrogens is 1. The fourth-order valence-electron chi connectivity index (χ4n) is 5.74. The van der Waals surface area contributed by atoms with E-state index in [1.165, 1.54) is 4.90 Å². The van der Waals surface area contributed by atoms with Crippen LogP contribution in [0, 0.1) is 24.7 Å². The molecule has 8 heteroatoms. The molecule has 4 atom stereocenters. The van der Waals surface area contributed by atoms with Gasteiger partial charge in [0.05, 0.1) is 12.2 Å². The maximum absolute atomic E-state index is 13.8. The number of carbonyl (C=O) groups is 3. The van der Waals surface area contributed by atoms with Gasteiger partial charge in [0.25, 0.3) is 5.91 Å². The van der Waals surface area contributed by atoms with Gasteiger partial charge in [0, 0.05) is 21.5 Å². The lowest BCUT2D eigenvalue weighted by Gasteiger charge is -2.27. The Labute approximate surface area is 196 Å². The van der Waals surface area contributed by atoms with Crippen LogP contribution in [0.2, 0.25) is 10.0 Å². The summed E-state index contributed by atoms with van der Waals surface area (Å²) in [6.45, 7) is 6.00. The van der Waals surface area contributed by atoms with Gasteiger partial charge in [-0.15, -0.1) is 0 Å². The first-order valence-corrected chi connectivity index (χ1v) is 11.5. The SMILES string of the molecule is Cc1cc(Cl)cc2c1NC(=O)[C@]21[NH2+][C@H](C(C)C)[C@H]2C(=O)N(Cc3ccccc3Cl)C(=O)[C@H]21. The monoisotopic (exact) mass is 472 g/mol. The van der Waals surface area contributed by atoms with Crippen LogP contribution in [0.15, 0.2) is 36.4 Å². The molecule has 0 saturated carbocycles. The highest BCUT2D eigenvalue weighted by molar-refractivity contribution is 6.31. The number of anilines is 1. The Morgan fingerprint density at radius 2 is 1.84 bits per heavy atom. The van der Waals surface area contributed by atoms with Gasteiger partial charge in [-0.3, -0.25) is 19.3 Å². The van der Waals surface area contributed by atoms with Gasteiger partial charge in [-0.2, -0.15) is 0 Å². The fourth-order valence-corrected chi connectivity index (χ4v) is 6.21. The summed E-state index contributed by atoms with van der Waals surface area (Å²) in [4.78, 5) is 42.2. The zero-order valence-corrected chi connectivity index (χ0v) is 19.5. The molecule has 2 saturated heterocycles. The Kier molecular flexibility index (Phi) is 4.89. The van der Waals surface area contributed by atoms with E-state index in [1.54, 1.807) is 30.3 Å².